The molecule has 0 aliphatic heterocycles. The summed E-state index contributed by atoms with van der Waals surface area (Å²) in [6, 6.07) is 0. The summed E-state index contributed by atoms with van der Waals surface area (Å²) < 4.78 is 0. The maximum absolute atomic E-state index is 9.77. The van der Waals surface area contributed by atoms with Gasteiger partial charge >= 0.3 is 0 Å². The monoisotopic (exact) mass is 168 g/mol. The Bertz CT molecular complexity index is 166. The predicted octanol–water partition coefficient (Wildman–Crippen LogP) is 2.77. The number of aliphatic hydroxyl groups is 1. The Labute approximate surface area is 75.8 Å². The molecule has 0 aromatic rings. The van der Waals surface area contributed by atoms with Crippen LogP contribution in [-0.4, -0.2) is 11.2 Å². The molecule has 0 heterocycles. The smallest absolute Gasteiger partial charge is 0.0778 e. The minimum absolute atomic E-state index is 0.276. The normalized spacial score (nSPS) is 15.4. The lowest BCUT2D eigenvalue weighted by Gasteiger charge is -2.21. The first-order valence-electron chi connectivity index (χ1n) is 4.51. The van der Waals surface area contributed by atoms with Crippen LogP contribution in [0.25, 0.3) is 0 Å². The van der Waals surface area contributed by atoms with Crippen molar-refractivity contribution in [2.75, 3.05) is 0 Å². The molecular weight excluding hydrogens is 148 g/mol. The molecule has 0 radical (unpaired) electrons. The molecule has 0 aromatic carbocycles. The molecule has 1 atom stereocenters. The van der Waals surface area contributed by atoms with Gasteiger partial charge in [-0.3, -0.25) is 0 Å². The lowest BCUT2D eigenvalue weighted by atomic mass is 9.90. The second-order valence-electron chi connectivity index (χ2n) is 3.75. The van der Waals surface area contributed by atoms with Gasteiger partial charge in [0.1, 0.15) is 0 Å². The van der Waals surface area contributed by atoms with E-state index in [1.807, 2.05) is 19.9 Å². The molecule has 0 aromatic heterocycles. The van der Waals surface area contributed by atoms with Crippen LogP contribution in [0.4, 0.5) is 0 Å². The Morgan fingerprint density at radius 2 is 1.75 bits per heavy atom. The van der Waals surface area contributed by atoms with E-state index in [1.54, 1.807) is 6.08 Å². The van der Waals surface area contributed by atoms with Crippen LogP contribution >= 0.6 is 0 Å². The summed E-state index contributed by atoms with van der Waals surface area (Å²) in [6.45, 7) is 11.8. The van der Waals surface area contributed by atoms with Gasteiger partial charge in [-0.05, 0) is 17.4 Å². The number of rotatable bonds is 4. The first-order valence-corrected chi connectivity index (χ1v) is 4.51. The second kappa shape index (κ2) is 5.15. The van der Waals surface area contributed by atoms with E-state index in [0.717, 1.165) is 5.57 Å². The summed E-state index contributed by atoms with van der Waals surface area (Å²) in [5.41, 5.74) is 1.07. The molecule has 1 N–H and O–H groups in total. The lowest BCUT2D eigenvalue weighted by Crippen LogP contribution is -2.20. The van der Waals surface area contributed by atoms with Crippen molar-refractivity contribution < 1.29 is 5.11 Å². The molecule has 1 unspecified atom stereocenters. The molecule has 0 rings (SSSR count). The Morgan fingerprint density at radius 1 is 1.25 bits per heavy atom. The van der Waals surface area contributed by atoms with Crippen molar-refractivity contribution in [3.05, 3.63) is 24.3 Å². The molecule has 0 bridgehead atoms. The molecule has 70 valence electrons. The van der Waals surface area contributed by atoms with Crippen molar-refractivity contribution in [3.8, 4) is 0 Å². The molecule has 0 aliphatic carbocycles. The highest BCUT2D eigenvalue weighted by Crippen LogP contribution is 2.19. The standard InChI is InChI=1S/C11H20O/c1-6-7-10(8(2)3)11(12)9(4)5/h6-9,11-12H,1H2,2-5H3/b10-7+. The summed E-state index contributed by atoms with van der Waals surface area (Å²) in [4.78, 5) is 0. The lowest BCUT2D eigenvalue weighted by molar-refractivity contribution is 0.151. The van der Waals surface area contributed by atoms with Crippen LogP contribution in [-0.2, 0) is 0 Å². The zero-order chi connectivity index (χ0) is 9.72. The summed E-state index contributed by atoms with van der Waals surface area (Å²) in [5, 5.41) is 9.77. The van der Waals surface area contributed by atoms with Gasteiger partial charge in [0.2, 0.25) is 0 Å². The number of hydrogen-bond donors (Lipinski definition) is 1. The quantitative estimate of drug-likeness (QED) is 0.640. The van der Waals surface area contributed by atoms with Gasteiger partial charge in [0.05, 0.1) is 6.10 Å². The highest BCUT2D eigenvalue weighted by Gasteiger charge is 2.16. The Morgan fingerprint density at radius 3 is 2.00 bits per heavy atom. The third kappa shape index (κ3) is 3.22. The van der Waals surface area contributed by atoms with E-state index >= 15 is 0 Å². The van der Waals surface area contributed by atoms with Crippen LogP contribution in [0.5, 0.6) is 0 Å². The van der Waals surface area contributed by atoms with Gasteiger partial charge < -0.3 is 5.11 Å². The topological polar surface area (TPSA) is 20.2 Å². The maximum atomic E-state index is 9.77. The highest BCUT2D eigenvalue weighted by molar-refractivity contribution is 5.17. The van der Waals surface area contributed by atoms with Crippen LogP contribution in [0.3, 0.4) is 0 Å². The molecule has 12 heavy (non-hydrogen) atoms. The van der Waals surface area contributed by atoms with E-state index in [4.69, 9.17) is 0 Å². The first kappa shape index (κ1) is 11.4. The molecule has 1 nitrogen and oxygen atoms in total. The van der Waals surface area contributed by atoms with Gasteiger partial charge in [0.15, 0.2) is 0 Å². The van der Waals surface area contributed by atoms with E-state index in [-0.39, 0.29) is 12.0 Å². The SMILES string of the molecule is C=C/C=C(\C(C)C)C(O)C(C)C. The van der Waals surface area contributed by atoms with Crippen LogP contribution in [0, 0.1) is 11.8 Å². The van der Waals surface area contributed by atoms with Gasteiger partial charge in [-0.2, -0.15) is 0 Å². The van der Waals surface area contributed by atoms with Crippen molar-refractivity contribution >= 4 is 0 Å². The van der Waals surface area contributed by atoms with Crippen molar-refractivity contribution in [1.29, 1.82) is 0 Å². The van der Waals surface area contributed by atoms with E-state index in [0.29, 0.717) is 5.92 Å². The summed E-state index contributed by atoms with van der Waals surface area (Å²) in [6.07, 6.45) is 3.32. The van der Waals surface area contributed by atoms with E-state index in [2.05, 4.69) is 20.4 Å². The minimum atomic E-state index is -0.331. The van der Waals surface area contributed by atoms with Crippen LogP contribution in [0.1, 0.15) is 27.7 Å². The van der Waals surface area contributed by atoms with Crippen molar-refractivity contribution in [3.63, 3.8) is 0 Å². The van der Waals surface area contributed by atoms with Crippen LogP contribution < -0.4 is 0 Å². The van der Waals surface area contributed by atoms with Gasteiger partial charge in [0, 0.05) is 0 Å². The van der Waals surface area contributed by atoms with E-state index < -0.39 is 0 Å². The van der Waals surface area contributed by atoms with Crippen LogP contribution in [0.15, 0.2) is 24.3 Å². The zero-order valence-electron chi connectivity index (χ0n) is 8.54. The largest absolute Gasteiger partial charge is 0.388 e. The first-order chi connectivity index (χ1) is 5.50. The number of allylic oxidation sites excluding steroid dienone is 2. The zero-order valence-corrected chi connectivity index (χ0v) is 8.54. The van der Waals surface area contributed by atoms with Gasteiger partial charge in [-0.1, -0.05) is 46.4 Å². The molecule has 0 aliphatic rings. The fraction of sp³-hybridized carbons (Fsp3) is 0.636. The predicted molar refractivity (Wildman–Crippen MR) is 54.0 cm³/mol. The average Bonchev–Trinajstić information content (AvgIpc) is 1.98. The van der Waals surface area contributed by atoms with E-state index in [1.165, 1.54) is 0 Å². The summed E-state index contributed by atoms with van der Waals surface area (Å²) >= 11 is 0. The van der Waals surface area contributed by atoms with Gasteiger partial charge in [0.25, 0.3) is 0 Å². The Hall–Kier alpha value is -0.560. The molecule has 0 spiro atoms. The summed E-state index contributed by atoms with van der Waals surface area (Å²) in [5.74, 6) is 0.666. The van der Waals surface area contributed by atoms with Crippen molar-refractivity contribution in [1.82, 2.24) is 0 Å². The maximum Gasteiger partial charge on any atom is 0.0778 e. The number of hydrogen-bond acceptors (Lipinski definition) is 1. The average molecular weight is 168 g/mol. The van der Waals surface area contributed by atoms with Gasteiger partial charge in [-0.15, -0.1) is 0 Å². The molecule has 0 saturated heterocycles. The van der Waals surface area contributed by atoms with Crippen molar-refractivity contribution in [2.45, 2.75) is 33.8 Å². The molecular formula is C11H20O. The summed E-state index contributed by atoms with van der Waals surface area (Å²) in [7, 11) is 0. The second-order valence-corrected chi connectivity index (χ2v) is 3.75. The molecule has 0 amide bonds. The number of aliphatic hydroxyl groups excluding tert-OH is 1. The third-order valence-electron chi connectivity index (χ3n) is 1.95. The highest BCUT2D eigenvalue weighted by atomic mass is 16.3. The van der Waals surface area contributed by atoms with Gasteiger partial charge in [-0.25, -0.2) is 0 Å². The molecule has 0 saturated carbocycles. The molecule has 0 fully saturated rings. The van der Waals surface area contributed by atoms with Crippen molar-refractivity contribution in [2.24, 2.45) is 11.8 Å². The van der Waals surface area contributed by atoms with Crippen LogP contribution in [0.2, 0.25) is 0 Å². The third-order valence-corrected chi connectivity index (χ3v) is 1.95. The fourth-order valence-electron chi connectivity index (χ4n) is 1.15. The Balaban J connectivity index is 4.51. The minimum Gasteiger partial charge on any atom is -0.388 e. The Kier molecular flexibility index (Phi) is 4.91. The van der Waals surface area contributed by atoms with E-state index in [9.17, 15) is 5.11 Å². The fourth-order valence-corrected chi connectivity index (χ4v) is 1.15. The molecule has 1 heteroatoms.